The van der Waals surface area contributed by atoms with E-state index < -0.39 is 23.7 Å². The molecule has 0 spiro atoms. The summed E-state index contributed by atoms with van der Waals surface area (Å²) in [4.78, 5) is 37.9. The summed E-state index contributed by atoms with van der Waals surface area (Å²) in [6.45, 7) is 7.72. The van der Waals surface area contributed by atoms with Gasteiger partial charge in [-0.2, -0.15) is 0 Å². The second-order valence-electron chi connectivity index (χ2n) is 7.55. The Morgan fingerprint density at radius 1 is 1.13 bits per heavy atom. The maximum Gasteiger partial charge on any atom is 0.348 e. The van der Waals surface area contributed by atoms with Crippen LogP contribution in [0.15, 0.2) is 23.4 Å². The number of halogens is 2. The molecule has 0 unspecified atom stereocenters. The van der Waals surface area contributed by atoms with E-state index >= 15 is 0 Å². The van der Waals surface area contributed by atoms with E-state index in [4.69, 9.17) is 25.8 Å². The lowest BCUT2D eigenvalue weighted by Crippen LogP contribution is -2.17. The lowest BCUT2D eigenvalue weighted by atomic mass is 10.1. The third-order valence-electron chi connectivity index (χ3n) is 5.04. The van der Waals surface area contributed by atoms with Crippen molar-refractivity contribution in [2.24, 2.45) is 0 Å². The van der Waals surface area contributed by atoms with Crippen molar-refractivity contribution in [3.05, 3.63) is 50.9 Å². The van der Waals surface area contributed by atoms with E-state index in [2.05, 4.69) is 15.5 Å². The number of esters is 2. The lowest BCUT2D eigenvalue weighted by Gasteiger charge is -2.09. The molecule has 0 radical (unpaired) electrons. The molecule has 2 heterocycles. The molecule has 1 aromatic carbocycles. The quantitative estimate of drug-likeness (QED) is 0.228. The van der Waals surface area contributed by atoms with Crippen molar-refractivity contribution >= 4 is 57.5 Å². The molecule has 0 aliphatic carbocycles. The molecule has 0 saturated carbocycles. The molecule has 0 aliphatic rings. The standard InChI is InChI=1S/C24H26ClFN4O6S2/c1-5-30-17(11-36-14-8-9-16(26)15(25)10-14)28-29-24(30)37-12-18(31)27-21-19(22(32)34-6-2)13(4)20(38-21)23(33)35-7-3/h8-10H,5-7,11-12H2,1-4H3,(H,27,31). The number of nitrogens with one attached hydrogen (secondary N) is 1. The summed E-state index contributed by atoms with van der Waals surface area (Å²) in [6.07, 6.45) is 0. The topological polar surface area (TPSA) is 122 Å². The fraction of sp³-hybridized carbons (Fsp3) is 0.375. The number of hydrogen-bond acceptors (Lipinski definition) is 10. The van der Waals surface area contributed by atoms with Crippen LogP contribution >= 0.6 is 34.7 Å². The van der Waals surface area contributed by atoms with Crippen LogP contribution in [0.1, 0.15) is 52.2 Å². The first-order chi connectivity index (χ1) is 18.2. The Bertz CT molecular complexity index is 1330. The number of thiophene rings is 1. The Hall–Kier alpha value is -3.16. The largest absolute Gasteiger partial charge is 0.486 e. The van der Waals surface area contributed by atoms with Gasteiger partial charge in [-0.25, -0.2) is 14.0 Å². The third-order valence-corrected chi connectivity index (χ3v) is 7.48. The number of nitrogens with zero attached hydrogens (tertiary/aromatic N) is 3. The molecule has 1 amide bonds. The van der Waals surface area contributed by atoms with Crippen LogP contribution in [0.3, 0.4) is 0 Å². The number of rotatable bonds is 12. The number of ether oxygens (including phenoxy) is 3. The van der Waals surface area contributed by atoms with Gasteiger partial charge in [-0.15, -0.1) is 21.5 Å². The summed E-state index contributed by atoms with van der Waals surface area (Å²) in [7, 11) is 0. The van der Waals surface area contributed by atoms with E-state index in [0.29, 0.717) is 28.8 Å². The minimum Gasteiger partial charge on any atom is -0.486 e. The minimum absolute atomic E-state index is 0.0412. The van der Waals surface area contributed by atoms with Gasteiger partial charge in [0.25, 0.3) is 0 Å². The molecule has 14 heteroatoms. The van der Waals surface area contributed by atoms with Crippen LogP contribution in [0.4, 0.5) is 9.39 Å². The summed E-state index contributed by atoms with van der Waals surface area (Å²) in [5.41, 5.74) is 0.503. The fourth-order valence-corrected chi connectivity index (χ4v) is 5.40. The van der Waals surface area contributed by atoms with Crippen molar-refractivity contribution in [2.45, 2.75) is 46.0 Å². The van der Waals surface area contributed by atoms with Crippen molar-refractivity contribution < 1.29 is 33.0 Å². The second kappa shape index (κ2) is 13.6. The van der Waals surface area contributed by atoms with Crippen molar-refractivity contribution in [1.82, 2.24) is 14.8 Å². The molecule has 0 aliphatic heterocycles. The monoisotopic (exact) mass is 584 g/mol. The van der Waals surface area contributed by atoms with E-state index in [-0.39, 0.29) is 46.0 Å². The Kier molecular flexibility index (Phi) is 10.5. The van der Waals surface area contributed by atoms with Crippen LogP contribution in [0, 0.1) is 12.7 Å². The highest BCUT2D eigenvalue weighted by Gasteiger charge is 2.27. The number of anilines is 1. The molecule has 10 nitrogen and oxygen atoms in total. The van der Waals surface area contributed by atoms with E-state index in [1.807, 2.05) is 6.92 Å². The smallest absolute Gasteiger partial charge is 0.348 e. The predicted molar refractivity (Wildman–Crippen MR) is 142 cm³/mol. The Morgan fingerprint density at radius 2 is 1.84 bits per heavy atom. The Labute approximate surface area is 231 Å². The number of carbonyl (C=O) groups is 3. The van der Waals surface area contributed by atoms with Gasteiger partial charge in [0.1, 0.15) is 28.1 Å². The van der Waals surface area contributed by atoms with Crippen molar-refractivity contribution in [1.29, 1.82) is 0 Å². The fourth-order valence-electron chi connectivity index (χ4n) is 3.30. The number of hydrogen-bond donors (Lipinski definition) is 1. The van der Waals surface area contributed by atoms with Crippen LogP contribution in [-0.2, 0) is 27.4 Å². The minimum atomic E-state index is -0.641. The molecule has 3 aromatic rings. The molecule has 0 bridgehead atoms. The zero-order valence-electron chi connectivity index (χ0n) is 21.1. The van der Waals surface area contributed by atoms with Crippen LogP contribution in [0.25, 0.3) is 0 Å². The van der Waals surface area contributed by atoms with Crippen LogP contribution < -0.4 is 10.1 Å². The van der Waals surface area contributed by atoms with Gasteiger partial charge in [0, 0.05) is 12.6 Å². The highest BCUT2D eigenvalue weighted by atomic mass is 35.5. The van der Waals surface area contributed by atoms with Gasteiger partial charge < -0.3 is 24.1 Å². The first kappa shape index (κ1) is 29.4. The summed E-state index contributed by atoms with van der Waals surface area (Å²) in [5, 5.41) is 11.6. The summed E-state index contributed by atoms with van der Waals surface area (Å²) in [5.74, 6) is -1.34. The first-order valence-corrected chi connectivity index (χ1v) is 13.8. The van der Waals surface area contributed by atoms with Gasteiger partial charge >= 0.3 is 11.9 Å². The first-order valence-electron chi connectivity index (χ1n) is 11.6. The number of benzene rings is 1. The van der Waals surface area contributed by atoms with Gasteiger partial charge in [-0.1, -0.05) is 23.4 Å². The highest BCUT2D eigenvalue weighted by molar-refractivity contribution is 7.99. The zero-order valence-corrected chi connectivity index (χ0v) is 23.5. The maximum absolute atomic E-state index is 13.4. The maximum atomic E-state index is 13.4. The van der Waals surface area contributed by atoms with Crippen molar-refractivity contribution in [3.8, 4) is 5.75 Å². The third kappa shape index (κ3) is 7.03. The lowest BCUT2D eigenvalue weighted by molar-refractivity contribution is -0.113. The molecule has 38 heavy (non-hydrogen) atoms. The molecule has 0 atom stereocenters. The Morgan fingerprint density at radius 3 is 2.50 bits per heavy atom. The van der Waals surface area contributed by atoms with Crippen LogP contribution in [-0.4, -0.2) is 51.6 Å². The summed E-state index contributed by atoms with van der Waals surface area (Å²) in [6, 6.07) is 4.03. The van der Waals surface area contributed by atoms with E-state index in [0.717, 1.165) is 23.1 Å². The van der Waals surface area contributed by atoms with E-state index in [1.165, 1.54) is 18.2 Å². The van der Waals surface area contributed by atoms with E-state index in [9.17, 15) is 18.8 Å². The van der Waals surface area contributed by atoms with Gasteiger partial charge in [0.15, 0.2) is 11.0 Å². The molecule has 0 saturated heterocycles. The number of amides is 1. The average Bonchev–Trinajstić information content (AvgIpc) is 3.43. The molecule has 2 aromatic heterocycles. The highest BCUT2D eigenvalue weighted by Crippen LogP contribution is 2.34. The second-order valence-corrected chi connectivity index (χ2v) is 9.92. The number of thioether (sulfide) groups is 1. The van der Waals surface area contributed by atoms with Crippen molar-refractivity contribution in [2.75, 3.05) is 24.3 Å². The van der Waals surface area contributed by atoms with E-state index in [1.54, 1.807) is 25.3 Å². The van der Waals surface area contributed by atoms with Gasteiger partial charge in [0.2, 0.25) is 5.91 Å². The molecule has 0 fully saturated rings. The Balaban J connectivity index is 1.69. The molecule has 1 N–H and O–H groups in total. The van der Waals surface area contributed by atoms with Gasteiger partial charge in [-0.3, -0.25) is 4.79 Å². The van der Waals surface area contributed by atoms with Crippen molar-refractivity contribution in [3.63, 3.8) is 0 Å². The summed E-state index contributed by atoms with van der Waals surface area (Å²) >= 11 is 7.89. The van der Waals surface area contributed by atoms with Crippen LogP contribution in [0.5, 0.6) is 5.75 Å². The molecular weight excluding hydrogens is 559 g/mol. The van der Waals surface area contributed by atoms with Gasteiger partial charge in [0.05, 0.1) is 29.6 Å². The average molecular weight is 585 g/mol. The molecule has 3 rings (SSSR count). The normalized spacial score (nSPS) is 10.8. The number of aromatic nitrogens is 3. The van der Waals surface area contributed by atoms with Crippen LogP contribution in [0.2, 0.25) is 5.02 Å². The molecular formula is C24H26ClFN4O6S2. The number of carbonyl (C=O) groups excluding carboxylic acids is 3. The zero-order chi connectivity index (χ0) is 27.8. The van der Waals surface area contributed by atoms with Gasteiger partial charge in [-0.05, 0) is 45.4 Å². The SMILES string of the molecule is CCOC(=O)c1sc(NC(=O)CSc2nnc(COc3ccc(F)c(Cl)c3)n2CC)c(C(=O)OCC)c1C. The predicted octanol–water partition coefficient (Wildman–Crippen LogP) is 5.12. The summed E-state index contributed by atoms with van der Waals surface area (Å²) < 4.78 is 31.0. The molecule has 204 valence electrons.